The number of rotatable bonds is 3. The molecule has 1 fully saturated rings. The van der Waals surface area contributed by atoms with Gasteiger partial charge in [0.05, 0.1) is 5.69 Å². The number of benzene rings is 1. The topological polar surface area (TPSA) is 3.24 Å². The standard InChI is InChI=1S/C12H15ClFNS/c1-15(10-5-6-16-8-10)12-9(7-13)3-2-4-11(12)14/h2-4,10H,5-8H2,1H3. The minimum Gasteiger partial charge on any atom is -0.368 e. The average Bonchev–Trinajstić information content (AvgIpc) is 2.81. The molecule has 0 radical (unpaired) electrons. The molecule has 0 aliphatic carbocycles. The van der Waals surface area contributed by atoms with Crippen molar-refractivity contribution in [2.75, 3.05) is 23.5 Å². The molecule has 1 aliphatic rings. The van der Waals surface area contributed by atoms with Crippen LogP contribution in [0.2, 0.25) is 0 Å². The van der Waals surface area contributed by atoms with E-state index in [9.17, 15) is 4.39 Å². The Hall–Kier alpha value is -0.410. The fourth-order valence-electron chi connectivity index (χ4n) is 2.07. The van der Waals surface area contributed by atoms with Gasteiger partial charge in [0.1, 0.15) is 5.82 Å². The molecule has 4 heteroatoms. The molecule has 1 saturated heterocycles. The maximum atomic E-state index is 13.8. The smallest absolute Gasteiger partial charge is 0.146 e. The molecule has 1 aliphatic heterocycles. The van der Waals surface area contributed by atoms with Gasteiger partial charge in [0, 0.05) is 24.7 Å². The van der Waals surface area contributed by atoms with Crippen molar-refractivity contribution in [2.24, 2.45) is 0 Å². The number of thioether (sulfide) groups is 1. The van der Waals surface area contributed by atoms with Crippen molar-refractivity contribution in [3.8, 4) is 0 Å². The third kappa shape index (κ3) is 2.30. The lowest BCUT2D eigenvalue weighted by atomic mass is 10.1. The monoisotopic (exact) mass is 259 g/mol. The SMILES string of the molecule is CN(c1c(F)cccc1CCl)C1CCSC1. The van der Waals surface area contributed by atoms with Crippen LogP contribution in [0.1, 0.15) is 12.0 Å². The summed E-state index contributed by atoms with van der Waals surface area (Å²) in [7, 11) is 1.96. The van der Waals surface area contributed by atoms with Crippen molar-refractivity contribution in [3.63, 3.8) is 0 Å². The molecular formula is C12H15ClFNS. The fraction of sp³-hybridized carbons (Fsp3) is 0.500. The molecular weight excluding hydrogens is 245 g/mol. The van der Waals surface area contributed by atoms with E-state index in [0.717, 1.165) is 17.7 Å². The van der Waals surface area contributed by atoms with Crippen LogP contribution in [-0.2, 0) is 5.88 Å². The Morgan fingerprint density at radius 2 is 2.38 bits per heavy atom. The van der Waals surface area contributed by atoms with Crippen molar-refractivity contribution < 1.29 is 4.39 Å². The molecule has 0 bridgehead atoms. The van der Waals surface area contributed by atoms with E-state index in [2.05, 4.69) is 0 Å². The summed E-state index contributed by atoms with van der Waals surface area (Å²) in [6.07, 6.45) is 1.12. The summed E-state index contributed by atoms with van der Waals surface area (Å²) >= 11 is 7.78. The van der Waals surface area contributed by atoms with E-state index in [0.29, 0.717) is 17.6 Å². The largest absolute Gasteiger partial charge is 0.368 e. The lowest BCUT2D eigenvalue weighted by molar-refractivity contribution is 0.605. The highest BCUT2D eigenvalue weighted by Gasteiger charge is 2.23. The molecule has 0 saturated carbocycles. The summed E-state index contributed by atoms with van der Waals surface area (Å²) in [6.45, 7) is 0. The first-order valence-corrected chi connectivity index (χ1v) is 7.07. The highest BCUT2D eigenvalue weighted by Crippen LogP contribution is 2.31. The molecule has 0 spiro atoms. The first-order chi connectivity index (χ1) is 7.74. The van der Waals surface area contributed by atoms with Gasteiger partial charge in [-0.2, -0.15) is 11.8 Å². The Bertz CT molecular complexity index is 366. The summed E-state index contributed by atoms with van der Waals surface area (Å²) in [5.74, 6) is 2.43. The van der Waals surface area contributed by atoms with Crippen LogP contribution < -0.4 is 4.90 Å². The van der Waals surface area contributed by atoms with Crippen molar-refractivity contribution in [1.82, 2.24) is 0 Å². The van der Waals surface area contributed by atoms with Gasteiger partial charge in [0.15, 0.2) is 0 Å². The predicted molar refractivity (Wildman–Crippen MR) is 70.1 cm³/mol. The molecule has 2 rings (SSSR count). The quantitative estimate of drug-likeness (QED) is 0.765. The second kappa shape index (κ2) is 5.28. The van der Waals surface area contributed by atoms with Crippen LogP contribution in [0.3, 0.4) is 0 Å². The number of hydrogen-bond donors (Lipinski definition) is 0. The van der Waals surface area contributed by atoms with Gasteiger partial charge in [-0.25, -0.2) is 4.39 Å². The van der Waals surface area contributed by atoms with Crippen LogP contribution >= 0.6 is 23.4 Å². The van der Waals surface area contributed by atoms with Gasteiger partial charge in [0.25, 0.3) is 0 Å². The summed E-state index contributed by atoms with van der Waals surface area (Å²) in [6, 6.07) is 5.55. The third-order valence-corrected chi connectivity index (χ3v) is 4.45. The summed E-state index contributed by atoms with van der Waals surface area (Å²) in [5.41, 5.74) is 1.55. The molecule has 1 unspecified atom stereocenters. The van der Waals surface area contributed by atoms with Crippen LogP contribution in [-0.4, -0.2) is 24.6 Å². The number of halogens is 2. The van der Waals surface area contributed by atoms with E-state index < -0.39 is 0 Å². The Kier molecular flexibility index (Phi) is 3.98. The Morgan fingerprint density at radius 1 is 1.56 bits per heavy atom. The molecule has 1 nitrogen and oxygen atoms in total. The molecule has 0 aromatic heterocycles. The number of hydrogen-bond acceptors (Lipinski definition) is 2. The molecule has 16 heavy (non-hydrogen) atoms. The highest BCUT2D eigenvalue weighted by molar-refractivity contribution is 7.99. The van der Waals surface area contributed by atoms with Crippen LogP contribution in [0.4, 0.5) is 10.1 Å². The first-order valence-electron chi connectivity index (χ1n) is 5.38. The van der Waals surface area contributed by atoms with E-state index in [1.165, 1.54) is 11.8 Å². The number of para-hydroxylation sites is 1. The molecule has 0 amide bonds. The minimum atomic E-state index is -0.169. The molecule has 0 N–H and O–H groups in total. The second-order valence-electron chi connectivity index (χ2n) is 4.01. The Labute approximate surface area is 105 Å². The minimum absolute atomic E-state index is 0.169. The molecule has 1 atom stereocenters. The van der Waals surface area contributed by atoms with E-state index in [-0.39, 0.29) is 5.82 Å². The first kappa shape index (κ1) is 12.1. The lowest BCUT2D eigenvalue weighted by Gasteiger charge is -2.28. The van der Waals surface area contributed by atoms with Gasteiger partial charge in [-0.3, -0.25) is 0 Å². The van der Waals surface area contributed by atoms with Crippen LogP contribution in [0.5, 0.6) is 0 Å². The zero-order chi connectivity index (χ0) is 11.5. The van der Waals surface area contributed by atoms with Crippen molar-refractivity contribution in [2.45, 2.75) is 18.3 Å². The van der Waals surface area contributed by atoms with E-state index in [4.69, 9.17) is 11.6 Å². The van der Waals surface area contributed by atoms with Crippen molar-refractivity contribution in [1.29, 1.82) is 0 Å². The zero-order valence-electron chi connectivity index (χ0n) is 9.25. The highest BCUT2D eigenvalue weighted by atomic mass is 35.5. The van der Waals surface area contributed by atoms with Crippen LogP contribution in [0, 0.1) is 5.82 Å². The van der Waals surface area contributed by atoms with Gasteiger partial charge in [-0.15, -0.1) is 11.6 Å². The number of anilines is 1. The third-order valence-electron chi connectivity index (χ3n) is 3.02. The molecule has 88 valence electrons. The Balaban J connectivity index is 2.30. The van der Waals surface area contributed by atoms with Gasteiger partial charge < -0.3 is 4.90 Å². The Morgan fingerprint density at radius 3 is 3.00 bits per heavy atom. The van der Waals surface area contributed by atoms with Gasteiger partial charge in [-0.1, -0.05) is 12.1 Å². The zero-order valence-corrected chi connectivity index (χ0v) is 10.8. The normalized spacial score (nSPS) is 20.1. The maximum absolute atomic E-state index is 13.8. The van der Waals surface area contributed by atoms with Crippen molar-refractivity contribution >= 4 is 29.1 Å². The summed E-state index contributed by atoms with van der Waals surface area (Å²) in [5, 5.41) is 0. The van der Waals surface area contributed by atoms with E-state index >= 15 is 0 Å². The van der Waals surface area contributed by atoms with Crippen LogP contribution in [0.25, 0.3) is 0 Å². The number of nitrogens with zero attached hydrogens (tertiary/aromatic N) is 1. The maximum Gasteiger partial charge on any atom is 0.146 e. The molecule has 1 heterocycles. The van der Waals surface area contributed by atoms with Gasteiger partial charge in [0.2, 0.25) is 0 Å². The second-order valence-corrected chi connectivity index (χ2v) is 5.43. The molecule has 1 aromatic carbocycles. The fourth-order valence-corrected chi connectivity index (χ4v) is 3.56. The van der Waals surface area contributed by atoms with Crippen LogP contribution in [0.15, 0.2) is 18.2 Å². The van der Waals surface area contributed by atoms with Gasteiger partial charge in [-0.05, 0) is 23.8 Å². The van der Waals surface area contributed by atoms with E-state index in [1.807, 2.05) is 29.8 Å². The molecule has 1 aromatic rings. The van der Waals surface area contributed by atoms with Crippen molar-refractivity contribution in [3.05, 3.63) is 29.6 Å². The lowest BCUT2D eigenvalue weighted by Crippen LogP contribution is -2.32. The summed E-state index contributed by atoms with van der Waals surface area (Å²) in [4.78, 5) is 2.05. The van der Waals surface area contributed by atoms with E-state index in [1.54, 1.807) is 6.07 Å². The number of alkyl halides is 1. The van der Waals surface area contributed by atoms with Gasteiger partial charge >= 0.3 is 0 Å². The average molecular weight is 260 g/mol. The predicted octanol–water partition coefficient (Wildman–Crippen LogP) is 3.51. The summed E-state index contributed by atoms with van der Waals surface area (Å²) < 4.78 is 13.8.